The maximum atomic E-state index is 14.5. The highest BCUT2D eigenvalue weighted by Crippen LogP contribution is 2.43. The number of sulfone groups is 1. The average molecular weight is 597 g/mol. The van der Waals surface area contributed by atoms with Gasteiger partial charge in [0.25, 0.3) is 0 Å². The van der Waals surface area contributed by atoms with E-state index >= 15 is 0 Å². The van der Waals surface area contributed by atoms with Gasteiger partial charge in [0.05, 0.1) is 6.04 Å². The van der Waals surface area contributed by atoms with Crippen LogP contribution in [0.15, 0.2) is 11.2 Å². The molecule has 10 nitrogen and oxygen atoms in total. The largest absolute Gasteiger partial charge is 0.471 e. The third-order valence-corrected chi connectivity index (χ3v) is 8.65. The molecule has 2 aliphatic heterocycles. The van der Waals surface area contributed by atoms with Crippen LogP contribution in [0.3, 0.4) is 0 Å². The summed E-state index contributed by atoms with van der Waals surface area (Å²) in [6.07, 6.45) is -1.55. The smallest absolute Gasteiger partial charge is 0.356 e. The second-order valence-corrected chi connectivity index (χ2v) is 13.9. The van der Waals surface area contributed by atoms with Gasteiger partial charge in [-0.3, -0.25) is 19.2 Å². The van der Waals surface area contributed by atoms with Crippen molar-refractivity contribution in [2.24, 2.45) is 23.2 Å². The zero-order valence-electron chi connectivity index (χ0n) is 22.8. The summed E-state index contributed by atoms with van der Waals surface area (Å²) in [6.45, 7) is 4.91. The molecule has 0 aromatic heterocycles. The lowest BCUT2D eigenvalue weighted by Crippen LogP contribution is -2.60. The number of rotatable bonds is 8. The minimum Gasteiger partial charge on any atom is -0.356 e. The van der Waals surface area contributed by atoms with Crippen LogP contribution in [0.25, 0.3) is 0 Å². The number of carbonyl (C=O) groups excluding carboxylic acids is 4. The molecule has 0 unspecified atom stereocenters. The van der Waals surface area contributed by atoms with Gasteiger partial charge in [0, 0.05) is 25.3 Å². The molecule has 2 heterocycles. The Morgan fingerprint density at radius 2 is 1.77 bits per heavy atom. The van der Waals surface area contributed by atoms with Gasteiger partial charge in [-0.25, -0.2) is 8.42 Å². The molecule has 3 rings (SSSR count). The van der Waals surface area contributed by atoms with Crippen molar-refractivity contribution in [3.8, 4) is 0 Å². The fourth-order valence-corrected chi connectivity index (χ4v) is 6.20. The standard InChI is InChI=1S/C25H36F4N4O6S/c1-24(2,3)19(32-23(37)25(27,28)29)22(36)33-12-14-6-5-7-16(14)18(33)21(35)31-15(11-17(26)40(4,38)39)10-13-8-9-30-20(13)34/h11,13-16,18-19H,5-10,12H2,1-4H3,(H,30,34)(H,31,35)(H,32,37)/b17-11-/t13-,14-,15-,16-,18+,19+/m0/s1. The number of alkyl halides is 3. The molecule has 0 aromatic carbocycles. The highest BCUT2D eigenvalue weighted by Gasteiger charge is 2.53. The van der Waals surface area contributed by atoms with Crippen molar-refractivity contribution in [2.75, 3.05) is 19.3 Å². The molecule has 0 bridgehead atoms. The van der Waals surface area contributed by atoms with E-state index in [1.807, 2.05) is 0 Å². The summed E-state index contributed by atoms with van der Waals surface area (Å²) in [6, 6.07) is -3.95. The number of halogens is 4. The minimum atomic E-state index is -5.22. The molecule has 1 saturated carbocycles. The first-order chi connectivity index (χ1) is 18.3. The molecule has 6 atom stereocenters. The molecular weight excluding hydrogens is 560 g/mol. The summed E-state index contributed by atoms with van der Waals surface area (Å²) in [5.74, 6) is -5.25. The summed E-state index contributed by atoms with van der Waals surface area (Å²) in [5.41, 5.74) is -1.14. The Labute approximate surface area is 230 Å². The van der Waals surface area contributed by atoms with E-state index in [0.717, 1.165) is 6.42 Å². The maximum absolute atomic E-state index is 14.5. The lowest BCUT2D eigenvalue weighted by atomic mass is 9.85. The zero-order valence-corrected chi connectivity index (χ0v) is 23.6. The summed E-state index contributed by atoms with van der Waals surface area (Å²) >= 11 is 0. The molecule has 226 valence electrons. The van der Waals surface area contributed by atoms with Gasteiger partial charge in [0.15, 0.2) is 0 Å². The quantitative estimate of drug-likeness (QED) is 0.364. The van der Waals surface area contributed by atoms with Crippen molar-refractivity contribution in [2.45, 2.75) is 77.2 Å². The van der Waals surface area contributed by atoms with Crippen LogP contribution >= 0.6 is 0 Å². The van der Waals surface area contributed by atoms with Crippen LogP contribution in [0.4, 0.5) is 17.6 Å². The molecule has 3 aliphatic rings. The Balaban J connectivity index is 1.91. The SMILES string of the molecule is CC(C)(C)[C@H](NC(=O)C(F)(F)F)C(=O)N1C[C@@H]2CCC[C@@H]2[C@@H]1C(=O)N[C@H](/C=C(/F)S(C)(=O)=O)C[C@@H]1CCNC1=O. The van der Waals surface area contributed by atoms with Gasteiger partial charge in [0.2, 0.25) is 32.7 Å². The molecule has 3 fully saturated rings. The molecular formula is C25H36F4N4O6S. The van der Waals surface area contributed by atoms with Gasteiger partial charge in [-0.1, -0.05) is 27.2 Å². The molecule has 0 radical (unpaired) electrons. The van der Waals surface area contributed by atoms with E-state index in [1.165, 1.54) is 25.7 Å². The number of nitrogens with zero attached hydrogens (tertiary/aromatic N) is 1. The third-order valence-electron chi connectivity index (χ3n) is 7.80. The van der Waals surface area contributed by atoms with Crippen molar-refractivity contribution < 1.29 is 45.2 Å². The minimum absolute atomic E-state index is 0.0826. The van der Waals surface area contributed by atoms with Crippen molar-refractivity contribution in [1.82, 2.24) is 20.9 Å². The number of likely N-dealkylation sites (tertiary alicyclic amines) is 1. The second kappa shape index (κ2) is 11.6. The lowest BCUT2D eigenvalue weighted by Gasteiger charge is -2.36. The summed E-state index contributed by atoms with van der Waals surface area (Å²) < 4.78 is 77.1. The van der Waals surface area contributed by atoms with Gasteiger partial charge < -0.3 is 20.9 Å². The summed E-state index contributed by atoms with van der Waals surface area (Å²) in [4.78, 5) is 52.4. The van der Waals surface area contributed by atoms with Crippen LogP contribution in [-0.2, 0) is 29.0 Å². The molecule has 1 aliphatic carbocycles. The van der Waals surface area contributed by atoms with Crippen LogP contribution < -0.4 is 16.0 Å². The molecule has 0 spiro atoms. The van der Waals surface area contributed by atoms with Gasteiger partial charge >= 0.3 is 12.1 Å². The first-order valence-corrected chi connectivity index (χ1v) is 15.0. The maximum Gasteiger partial charge on any atom is 0.471 e. The van der Waals surface area contributed by atoms with Crippen LogP contribution in [0.5, 0.6) is 0 Å². The fourth-order valence-electron chi connectivity index (χ4n) is 5.79. The monoisotopic (exact) mass is 596 g/mol. The summed E-state index contributed by atoms with van der Waals surface area (Å²) in [5, 5.41) is 5.50. The average Bonchev–Trinajstić information content (AvgIpc) is 3.50. The molecule has 3 N–H and O–H groups in total. The van der Waals surface area contributed by atoms with Crippen LogP contribution in [0.2, 0.25) is 0 Å². The van der Waals surface area contributed by atoms with E-state index in [-0.39, 0.29) is 30.7 Å². The second-order valence-electron chi connectivity index (χ2n) is 11.9. The third kappa shape index (κ3) is 7.32. The van der Waals surface area contributed by atoms with Gasteiger partial charge in [0.1, 0.15) is 12.1 Å². The topological polar surface area (TPSA) is 142 Å². The molecule has 0 aromatic rings. The predicted octanol–water partition coefficient (Wildman–Crippen LogP) is 1.57. The Morgan fingerprint density at radius 1 is 1.12 bits per heavy atom. The first kappa shape index (κ1) is 31.8. The predicted molar refractivity (Wildman–Crippen MR) is 135 cm³/mol. The Kier molecular flexibility index (Phi) is 9.26. The van der Waals surface area contributed by atoms with Crippen molar-refractivity contribution >= 4 is 33.5 Å². The summed E-state index contributed by atoms with van der Waals surface area (Å²) in [7, 11) is -4.24. The normalized spacial score (nSPS) is 27.1. The van der Waals surface area contributed by atoms with Crippen LogP contribution in [0.1, 0.15) is 52.9 Å². The highest BCUT2D eigenvalue weighted by atomic mass is 32.2. The fraction of sp³-hybridized carbons (Fsp3) is 0.760. The Bertz CT molecular complexity index is 1170. The lowest BCUT2D eigenvalue weighted by molar-refractivity contribution is -0.176. The van der Waals surface area contributed by atoms with E-state index in [9.17, 15) is 45.2 Å². The highest BCUT2D eigenvalue weighted by molar-refractivity contribution is 7.94. The molecule has 4 amide bonds. The molecule has 2 saturated heterocycles. The van der Waals surface area contributed by atoms with E-state index in [0.29, 0.717) is 38.1 Å². The number of fused-ring (bicyclic) bond motifs is 1. The molecule has 40 heavy (non-hydrogen) atoms. The number of hydrogen-bond donors (Lipinski definition) is 3. The zero-order chi connectivity index (χ0) is 30.2. The van der Waals surface area contributed by atoms with Crippen molar-refractivity contribution in [3.63, 3.8) is 0 Å². The van der Waals surface area contributed by atoms with Crippen molar-refractivity contribution in [3.05, 3.63) is 11.2 Å². The van der Waals surface area contributed by atoms with E-state index in [4.69, 9.17) is 0 Å². The van der Waals surface area contributed by atoms with Gasteiger partial charge in [-0.15, -0.1) is 0 Å². The number of nitrogens with one attached hydrogen (secondary N) is 3. The van der Waals surface area contributed by atoms with Gasteiger partial charge in [-0.2, -0.15) is 17.6 Å². The van der Waals surface area contributed by atoms with Crippen molar-refractivity contribution in [1.29, 1.82) is 0 Å². The molecule has 15 heteroatoms. The number of hydrogen-bond acceptors (Lipinski definition) is 6. The number of carbonyl (C=O) groups is 4. The van der Waals surface area contributed by atoms with Gasteiger partial charge in [-0.05, 0) is 49.0 Å². The number of amides is 4. The van der Waals surface area contributed by atoms with E-state index in [1.54, 1.807) is 5.32 Å². The van der Waals surface area contributed by atoms with E-state index in [2.05, 4.69) is 10.6 Å². The Morgan fingerprint density at radius 3 is 2.30 bits per heavy atom. The van der Waals surface area contributed by atoms with Crippen LogP contribution in [0, 0.1) is 23.2 Å². The van der Waals surface area contributed by atoms with Crippen LogP contribution in [-0.4, -0.2) is 80.6 Å². The Hall–Kier alpha value is -2.71. The van der Waals surface area contributed by atoms with E-state index < -0.39 is 68.4 Å². The first-order valence-electron chi connectivity index (χ1n) is 13.1.